The Morgan fingerprint density at radius 1 is 0.969 bits per heavy atom. The zero-order chi connectivity index (χ0) is 22.3. The molecule has 1 aromatic heterocycles. The van der Waals surface area contributed by atoms with Gasteiger partial charge in [-0.25, -0.2) is 0 Å². The molecule has 0 radical (unpaired) electrons. The molecule has 0 saturated heterocycles. The van der Waals surface area contributed by atoms with Crippen molar-refractivity contribution in [3.8, 4) is 17.2 Å². The van der Waals surface area contributed by atoms with Gasteiger partial charge >= 0.3 is 0 Å². The lowest BCUT2D eigenvalue weighted by Crippen LogP contribution is -2.19. The molecule has 0 aliphatic rings. The van der Waals surface area contributed by atoms with Gasteiger partial charge < -0.3 is 18.8 Å². The Bertz CT molecular complexity index is 1260. The maximum Gasteiger partial charge on any atom is 0.279 e. The van der Waals surface area contributed by atoms with Gasteiger partial charge in [0.2, 0.25) is 0 Å². The number of thiazole rings is 1. The van der Waals surface area contributed by atoms with Crippen molar-refractivity contribution in [3.63, 3.8) is 0 Å². The summed E-state index contributed by atoms with van der Waals surface area (Å²) in [5, 5.41) is 0. The van der Waals surface area contributed by atoms with Gasteiger partial charge in [0.1, 0.15) is 22.8 Å². The van der Waals surface area contributed by atoms with Crippen LogP contribution in [0.1, 0.15) is 17.3 Å². The van der Waals surface area contributed by atoms with Gasteiger partial charge in [0.25, 0.3) is 5.91 Å². The number of para-hydroxylation sites is 2. The van der Waals surface area contributed by atoms with Gasteiger partial charge in [-0.15, -0.1) is 0 Å². The predicted octanol–water partition coefficient (Wildman–Crippen LogP) is 5.28. The van der Waals surface area contributed by atoms with E-state index in [4.69, 9.17) is 14.2 Å². The minimum Gasteiger partial charge on any atom is -0.492 e. The quantitative estimate of drug-likeness (QED) is 0.368. The molecule has 32 heavy (non-hydrogen) atoms. The summed E-state index contributed by atoms with van der Waals surface area (Å²) in [5.41, 5.74) is 1.42. The highest BCUT2D eigenvalue weighted by atomic mass is 32.1. The number of fused-ring (bicyclic) bond motifs is 1. The molecule has 6 nitrogen and oxygen atoms in total. The van der Waals surface area contributed by atoms with E-state index in [1.54, 1.807) is 31.4 Å². The minimum absolute atomic E-state index is 0.313. The normalized spacial score (nSPS) is 11.6. The monoisotopic (exact) mass is 448 g/mol. The number of benzene rings is 3. The molecule has 0 N–H and O–H groups in total. The van der Waals surface area contributed by atoms with Gasteiger partial charge in [0, 0.05) is 19.2 Å². The number of nitrogens with zero attached hydrogens (tertiary/aromatic N) is 2. The fourth-order valence-electron chi connectivity index (χ4n) is 3.29. The second-order valence-corrected chi connectivity index (χ2v) is 7.93. The Hall–Kier alpha value is -3.42. The van der Waals surface area contributed by atoms with Crippen molar-refractivity contribution < 1.29 is 19.0 Å². The third-order valence-electron chi connectivity index (χ3n) is 4.76. The molecule has 0 saturated carbocycles. The van der Waals surface area contributed by atoms with E-state index in [9.17, 15) is 4.79 Å². The van der Waals surface area contributed by atoms with Gasteiger partial charge in [-0.1, -0.05) is 35.6 Å². The SMILES string of the molecule is CCOc1cccc2sc(=NC(=O)c3ccc(Oc4ccccc4)cc3)n(CCOC)c12. The van der Waals surface area contributed by atoms with Crippen LogP contribution in [0.4, 0.5) is 0 Å². The fraction of sp³-hybridized carbons (Fsp3) is 0.200. The van der Waals surface area contributed by atoms with Crippen LogP contribution < -0.4 is 14.3 Å². The summed E-state index contributed by atoms with van der Waals surface area (Å²) in [4.78, 5) is 18.0. The summed E-state index contributed by atoms with van der Waals surface area (Å²) in [7, 11) is 1.65. The number of ether oxygens (including phenoxy) is 3. The van der Waals surface area contributed by atoms with Crippen LogP contribution in [0.15, 0.2) is 77.8 Å². The number of methoxy groups -OCH3 is 1. The topological polar surface area (TPSA) is 62.0 Å². The molecule has 0 atom stereocenters. The van der Waals surface area contributed by atoms with Crippen LogP contribution in [0.5, 0.6) is 17.2 Å². The van der Waals surface area contributed by atoms with Crippen LogP contribution in [0.2, 0.25) is 0 Å². The first-order valence-electron chi connectivity index (χ1n) is 10.4. The minimum atomic E-state index is -0.313. The Morgan fingerprint density at radius 2 is 1.72 bits per heavy atom. The van der Waals surface area contributed by atoms with Gasteiger partial charge in [0.15, 0.2) is 4.80 Å². The Labute approximate surface area is 190 Å². The lowest BCUT2D eigenvalue weighted by Gasteiger charge is -2.09. The highest BCUT2D eigenvalue weighted by molar-refractivity contribution is 7.16. The second kappa shape index (κ2) is 10.3. The van der Waals surface area contributed by atoms with Crippen molar-refractivity contribution in [1.29, 1.82) is 0 Å². The number of carbonyl (C=O) groups excluding carboxylic acids is 1. The molecule has 4 rings (SSSR count). The first-order chi connectivity index (χ1) is 15.7. The standard InChI is InChI=1S/C25H24N2O4S/c1-3-30-21-10-7-11-22-23(21)27(16-17-29-2)25(32-22)26-24(28)18-12-14-20(15-13-18)31-19-8-5-4-6-9-19/h4-15H,3,16-17H2,1-2H3. The zero-order valence-corrected chi connectivity index (χ0v) is 18.8. The van der Waals surface area contributed by atoms with Crippen molar-refractivity contribution in [2.24, 2.45) is 4.99 Å². The van der Waals surface area contributed by atoms with Gasteiger partial charge in [-0.2, -0.15) is 4.99 Å². The van der Waals surface area contributed by atoms with Crippen molar-refractivity contribution >= 4 is 27.5 Å². The van der Waals surface area contributed by atoms with Crippen molar-refractivity contribution in [2.45, 2.75) is 13.5 Å². The van der Waals surface area contributed by atoms with Crippen molar-refractivity contribution in [2.75, 3.05) is 20.3 Å². The van der Waals surface area contributed by atoms with Crippen LogP contribution in [-0.2, 0) is 11.3 Å². The van der Waals surface area contributed by atoms with Gasteiger partial charge in [-0.3, -0.25) is 4.79 Å². The third-order valence-corrected chi connectivity index (χ3v) is 5.80. The summed E-state index contributed by atoms with van der Waals surface area (Å²) < 4.78 is 19.9. The summed E-state index contributed by atoms with van der Waals surface area (Å²) in [5.74, 6) is 1.86. The fourth-order valence-corrected chi connectivity index (χ4v) is 4.36. The molecule has 4 aromatic rings. The van der Waals surface area contributed by atoms with E-state index in [1.807, 2.05) is 60.0 Å². The maximum atomic E-state index is 12.9. The number of hydrogen-bond donors (Lipinski definition) is 0. The number of hydrogen-bond acceptors (Lipinski definition) is 5. The number of amides is 1. The van der Waals surface area contributed by atoms with E-state index in [2.05, 4.69) is 4.99 Å². The van der Waals surface area contributed by atoms with E-state index in [-0.39, 0.29) is 5.91 Å². The molecule has 0 bridgehead atoms. The highest BCUT2D eigenvalue weighted by Gasteiger charge is 2.13. The van der Waals surface area contributed by atoms with Gasteiger partial charge in [-0.05, 0) is 55.5 Å². The molecular formula is C25H24N2O4S. The Kier molecular flexibility index (Phi) is 6.99. The van der Waals surface area contributed by atoms with Crippen LogP contribution in [0.25, 0.3) is 10.2 Å². The molecule has 1 heterocycles. The maximum absolute atomic E-state index is 12.9. The van der Waals surface area contributed by atoms with E-state index < -0.39 is 0 Å². The van der Waals surface area contributed by atoms with E-state index in [0.29, 0.717) is 35.9 Å². The van der Waals surface area contributed by atoms with Crippen molar-refractivity contribution in [1.82, 2.24) is 4.57 Å². The lowest BCUT2D eigenvalue weighted by molar-refractivity contribution is 0.0997. The van der Waals surface area contributed by atoms with E-state index in [1.165, 1.54) is 11.3 Å². The summed E-state index contributed by atoms with van der Waals surface area (Å²) >= 11 is 1.46. The molecule has 0 aliphatic heterocycles. The van der Waals surface area contributed by atoms with E-state index in [0.717, 1.165) is 21.7 Å². The highest BCUT2D eigenvalue weighted by Crippen LogP contribution is 2.28. The molecular weight excluding hydrogens is 424 g/mol. The first kappa shape index (κ1) is 21.8. The lowest BCUT2D eigenvalue weighted by atomic mass is 10.2. The van der Waals surface area contributed by atoms with Crippen molar-refractivity contribution in [3.05, 3.63) is 83.2 Å². The first-order valence-corrected chi connectivity index (χ1v) is 11.2. The summed E-state index contributed by atoms with van der Waals surface area (Å²) in [6.07, 6.45) is 0. The number of carbonyl (C=O) groups is 1. The largest absolute Gasteiger partial charge is 0.492 e. The van der Waals surface area contributed by atoms with Gasteiger partial charge in [0.05, 0.1) is 17.9 Å². The average molecular weight is 449 g/mol. The number of aromatic nitrogens is 1. The summed E-state index contributed by atoms with van der Waals surface area (Å²) in [6, 6.07) is 22.4. The Morgan fingerprint density at radius 3 is 2.44 bits per heavy atom. The molecule has 0 unspecified atom stereocenters. The molecule has 1 amide bonds. The van der Waals surface area contributed by atoms with Crippen LogP contribution >= 0.6 is 11.3 Å². The molecule has 7 heteroatoms. The van der Waals surface area contributed by atoms with E-state index >= 15 is 0 Å². The van der Waals surface area contributed by atoms with Crippen LogP contribution in [-0.4, -0.2) is 30.8 Å². The van der Waals surface area contributed by atoms with Crippen LogP contribution in [0, 0.1) is 0 Å². The number of rotatable bonds is 8. The molecule has 164 valence electrons. The molecule has 0 spiro atoms. The smallest absolute Gasteiger partial charge is 0.279 e. The van der Waals surface area contributed by atoms with Crippen LogP contribution in [0.3, 0.4) is 0 Å². The predicted molar refractivity (Wildman–Crippen MR) is 126 cm³/mol. The second-order valence-electron chi connectivity index (χ2n) is 6.92. The zero-order valence-electron chi connectivity index (χ0n) is 18.0. The summed E-state index contributed by atoms with van der Waals surface area (Å²) in [6.45, 7) is 3.57. The molecule has 3 aromatic carbocycles. The third kappa shape index (κ3) is 4.90. The average Bonchev–Trinajstić information content (AvgIpc) is 3.16. The molecule has 0 fully saturated rings. The Balaban J connectivity index is 1.65. The molecule has 0 aliphatic carbocycles.